The highest BCUT2D eigenvalue weighted by Crippen LogP contribution is 2.26. The maximum Gasteiger partial charge on any atom is 0.332 e. The number of nitrogens with zero attached hydrogens (tertiary/aromatic N) is 3. The predicted octanol–water partition coefficient (Wildman–Crippen LogP) is 3.33. The maximum atomic E-state index is 12.8. The predicted molar refractivity (Wildman–Crippen MR) is 104 cm³/mol. The number of ketones is 1. The van der Waals surface area contributed by atoms with Gasteiger partial charge in [0.25, 0.3) is 5.91 Å². The minimum atomic E-state index is -0.638. The summed E-state index contributed by atoms with van der Waals surface area (Å²) in [6.07, 6.45) is 1.77. The Hall–Kier alpha value is -3.15. The first-order chi connectivity index (χ1) is 12.9. The number of carbonyl (C=O) groups is 3. The second-order valence-corrected chi connectivity index (χ2v) is 6.70. The van der Waals surface area contributed by atoms with Crippen LogP contribution in [0, 0.1) is 13.8 Å². The SMILES string of the molecule is C=CCn1c(C)cc(C(=O)CN2C(=O)[C@H](C)N(c3ccccc3)C2=O)c1C. The van der Waals surface area contributed by atoms with Gasteiger partial charge >= 0.3 is 6.03 Å². The number of allylic oxidation sites excluding steroid dienone is 1. The minimum absolute atomic E-state index is 0.248. The molecule has 0 radical (unpaired) electrons. The highest BCUT2D eigenvalue weighted by atomic mass is 16.2. The molecule has 1 aliphatic heterocycles. The van der Waals surface area contributed by atoms with Crippen LogP contribution in [-0.4, -0.2) is 39.8 Å². The van der Waals surface area contributed by atoms with Crippen molar-refractivity contribution in [1.82, 2.24) is 9.47 Å². The van der Waals surface area contributed by atoms with Crippen molar-refractivity contribution in [2.45, 2.75) is 33.4 Å². The first-order valence-corrected chi connectivity index (χ1v) is 8.87. The number of para-hydroxylation sites is 1. The molecule has 27 heavy (non-hydrogen) atoms. The van der Waals surface area contributed by atoms with E-state index in [2.05, 4.69) is 6.58 Å². The number of aryl methyl sites for hydroxylation is 1. The van der Waals surface area contributed by atoms with E-state index < -0.39 is 12.1 Å². The molecule has 1 atom stereocenters. The first kappa shape index (κ1) is 18.6. The standard InChI is InChI=1S/C21H23N3O3/c1-5-11-22-14(2)12-18(15(22)3)19(25)13-23-20(26)16(4)24(21(23)27)17-9-7-6-8-10-17/h5-10,12,16H,1,11,13H2,2-4H3/t16-/m0/s1. The smallest absolute Gasteiger partial charge is 0.332 e. The van der Waals surface area contributed by atoms with E-state index in [0.29, 0.717) is 17.8 Å². The van der Waals surface area contributed by atoms with Gasteiger partial charge in [0.15, 0.2) is 5.78 Å². The van der Waals surface area contributed by atoms with E-state index in [1.54, 1.807) is 31.2 Å². The molecule has 2 heterocycles. The Morgan fingerprint density at radius 1 is 1.19 bits per heavy atom. The third kappa shape index (κ3) is 3.18. The lowest BCUT2D eigenvalue weighted by Crippen LogP contribution is -2.37. The van der Waals surface area contributed by atoms with Gasteiger partial charge < -0.3 is 4.57 Å². The fraction of sp³-hybridized carbons (Fsp3) is 0.286. The summed E-state index contributed by atoms with van der Waals surface area (Å²) in [7, 11) is 0. The number of amides is 3. The molecule has 1 saturated heterocycles. The van der Waals surface area contributed by atoms with Gasteiger partial charge in [0.05, 0.1) is 6.54 Å². The molecule has 6 nitrogen and oxygen atoms in total. The van der Waals surface area contributed by atoms with E-state index in [1.807, 2.05) is 36.6 Å². The number of carbonyl (C=O) groups excluding carboxylic acids is 3. The number of imide groups is 1. The average Bonchev–Trinajstić information content (AvgIpc) is 3.05. The van der Waals surface area contributed by atoms with Gasteiger partial charge in [0.2, 0.25) is 0 Å². The second kappa shape index (κ2) is 7.23. The van der Waals surface area contributed by atoms with E-state index >= 15 is 0 Å². The highest BCUT2D eigenvalue weighted by molar-refractivity contribution is 6.16. The van der Waals surface area contributed by atoms with Gasteiger partial charge in [-0.1, -0.05) is 24.3 Å². The molecule has 3 rings (SSSR count). The van der Waals surface area contributed by atoms with Crippen molar-refractivity contribution in [1.29, 1.82) is 0 Å². The lowest BCUT2D eigenvalue weighted by molar-refractivity contribution is -0.126. The summed E-state index contributed by atoms with van der Waals surface area (Å²) in [6, 6.07) is 9.70. The summed E-state index contributed by atoms with van der Waals surface area (Å²) in [5.74, 6) is -0.612. The number of hydrogen-bond acceptors (Lipinski definition) is 3. The molecule has 0 bridgehead atoms. The van der Waals surface area contributed by atoms with Crippen LogP contribution in [0.3, 0.4) is 0 Å². The van der Waals surface area contributed by atoms with Crippen LogP contribution in [-0.2, 0) is 11.3 Å². The van der Waals surface area contributed by atoms with Gasteiger partial charge in [0, 0.05) is 29.2 Å². The largest absolute Gasteiger partial charge is 0.345 e. The van der Waals surface area contributed by atoms with Crippen LogP contribution in [0.5, 0.6) is 0 Å². The van der Waals surface area contributed by atoms with E-state index in [-0.39, 0.29) is 18.2 Å². The normalized spacial score (nSPS) is 16.9. The number of aromatic nitrogens is 1. The summed E-state index contributed by atoms with van der Waals surface area (Å²) in [6.45, 7) is 9.52. The van der Waals surface area contributed by atoms with Gasteiger partial charge in [-0.3, -0.25) is 19.4 Å². The molecule has 0 spiro atoms. The molecule has 3 amide bonds. The first-order valence-electron chi connectivity index (χ1n) is 8.87. The zero-order valence-corrected chi connectivity index (χ0v) is 15.8. The third-order valence-electron chi connectivity index (χ3n) is 4.97. The molecular formula is C21H23N3O3. The van der Waals surface area contributed by atoms with Crippen LogP contribution in [0.25, 0.3) is 0 Å². The Balaban J connectivity index is 1.84. The lowest BCUT2D eigenvalue weighted by atomic mass is 10.1. The van der Waals surface area contributed by atoms with Crippen LogP contribution >= 0.6 is 0 Å². The van der Waals surface area contributed by atoms with Crippen molar-refractivity contribution in [2.75, 3.05) is 11.4 Å². The maximum absolute atomic E-state index is 12.8. The van der Waals surface area contributed by atoms with Gasteiger partial charge in [0.1, 0.15) is 6.04 Å². The number of urea groups is 1. The second-order valence-electron chi connectivity index (χ2n) is 6.70. The molecule has 0 N–H and O–H groups in total. The van der Waals surface area contributed by atoms with Crippen molar-refractivity contribution >= 4 is 23.4 Å². The highest BCUT2D eigenvalue weighted by Gasteiger charge is 2.44. The summed E-state index contributed by atoms with van der Waals surface area (Å²) < 4.78 is 1.98. The number of rotatable bonds is 6. The minimum Gasteiger partial charge on any atom is -0.345 e. The van der Waals surface area contributed by atoms with E-state index in [1.165, 1.54) is 4.90 Å². The summed E-state index contributed by atoms with van der Waals surface area (Å²) in [5.41, 5.74) is 2.92. The van der Waals surface area contributed by atoms with E-state index in [0.717, 1.165) is 16.3 Å². The average molecular weight is 365 g/mol. The zero-order chi connectivity index (χ0) is 19.7. The van der Waals surface area contributed by atoms with Crippen molar-refractivity contribution in [3.05, 3.63) is 66.0 Å². The van der Waals surface area contributed by atoms with Gasteiger partial charge in [-0.05, 0) is 39.0 Å². The molecule has 0 saturated carbocycles. The third-order valence-corrected chi connectivity index (χ3v) is 4.97. The Kier molecular flexibility index (Phi) is 4.99. The molecule has 1 aliphatic rings. The number of benzene rings is 1. The van der Waals surface area contributed by atoms with Gasteiger partial charge in [-0.2, -0.15) is 0 Å². The molecule has 6 heteroatoms. The Morgan fingerprint density at radius 2 is 1.85 bits per heavy atom. The van der Waals surface area contributed by atoms with Crippen molar-refractivity contribution in [2.24, 2.45) is 0 Å². The number of anilines is 1. The molecule has 2 aromatic rings. The fourth-order valence-corrected chi connectivity index (χ4v) is 3.52. The van der Waals surface area contributed by atoms with Crippen LogP contribution in [0.15, 0.2) is 49.1 Å². The molecule has 0 unspecified atom stereocenters. The van der Waals surface area contributed by atoms with Crippen molar-refractivity contribution in [3.63, 3.8) is 0 Å². The molecule has 1 fully saturated rings. The molecule has 0 aliphatic carbocycles. The van der Waals surface area contributed by atoms with E-state index in [4.69, 9.17) is 0 Å². The van der Waals surface area contributed by atoms with Crippen molar-refractivity contribution < 1.29 is 14.4 Å². The summed E-state index contributed by atoms with van der Waals surface area (Å²) in [4.78, 5) is 40.7. The van der Waals surface area contributed by atoms with Crippen LogP contribution in [0.2, 0.25) is 0 Å². The Labute approximate surface area is 158 Å². The summed E-state index contributed by atoms with van der Waals surface area (Å²) >= 11 is 0. The Morgan fingerprint density at radius 3 is 2.48 bits per heavy atom. The Bertz CT molecular complexity index is 914. The van der Waals surface area contributed by atoms with Crippen LogP contribution in [0.4, 0.5) is 10.5 Å². The van der Waals surface area contributed by atoms with Crippen LogP contribution in [0.1, 0.15) is 28.7 Å². The monoisotopic (exact) mass is 365 g/mol. The lowest BCUT2D eigenvalue weighted by Gasteiger charge is -2.19. The molecule has 1 aromatic heterocycles. The van der Waals surface area contributed by atoms with E-state index in [9.17, 15) is 14.4 Å². The van der Waals surface area contributed by atoms with Crippen molar-refractivity contribution in [3.8, 4) is 0 Å². The summed E-state index contributed by atoms with van der Waals surface area (Å²) in [5, 5.41) is 0. The number of hydrogen-bond donors (Lipinski definition) is 0. The quantitative estimate of drug-likeness (QED) is 0.448. The molecule has 140 valence electrons. The molecular weight excluding hydrogens is 342 g/mol. The van der Waals surface area contributed by atoms with Gasteiger partial charge in [-0.25, -0.2) is 4.79 Å². The zero-order valence-electron chi connectivity index (χ0n) is 15.8. The molecule has 1 aromatic carbocycles. The van der Waals surface area contributed by atoms with Crippen LogP contribution < -0.4 is 4.90 Å². The fourth-order valence-electron chi connectivity index (χ4n) is 3.52. The van der Waals surface area contributed by atoms with Gasteiger partial charge in [-0.15, -0.1) is 6.58 Å². The number of Topliss-reactive ketones (excluding diaryl/α,β-unsaturated/α-hetero) is 1. The topological polar surface area (TPSA) is 62.6 Å².